The van der Waals surface area contributed by atoms with Crippen molar-refractivity contribution in [1.29, 1.82) is 0 Å². The van der Waals surface area contributed by atoms with Crippen LogP contribution in [0, 0.1) is 5.92 Å². The van der Waals surface area contributed by atoms with Crippen LogP contribution in [0.3, 0.4) is 0 Å². The van der Waals surface area contributed by atoms with Crippen LogP contribution in [0.1, 0.15) is 36.9 Å². The van der Waals surface area contributed by atoms with Crippen LogP contribution in [-0.4, -0.2) is 19.0 Å². The molecule has 2 rings (SSSR count). The summed E-state index contributed by atoms with van der Waals surface area (Å²) in [6, 6.07) is 4.62. The SMILES string of the molecule is CC(NC(=O)C1CCNCC1)c1ccc(C(F)(F)F)cc1. The van der Waals surface area contributed by atoms with Crippen molar-refractivity contribution >= 4 is 5.91 Å². The highest BCUT2D eigenvalue weighted by molar-refractivity contribution is 5.79. The molecule has 21 heavy (non-hydrogen) atoms. The monoisotopic (exact) mass is 300 g/mol. The van der Waals surface area contributed by atoms with Gasteiger partial charge in [0.05, 0.1) is 11.6 Å². The Balaban J connectivity index is 1.96. The number of carbonyl (C=O) groups excluding carboxylic acids is 1. The fourth-order valence-corrected chi connectivity index (χ4v) is 2.46. The van der Waals surface area contributed by atoms with Gasteiger partial charge in [0.25, 0.3) is 0 Å². The van der Waals surface area contributed by atoms with Crippen LogP contribution < -0.4 is 10.6 Å². The summed E-state index contributed by atoms with van der Waals surface area (Å²) in [5.74, 6) is -0.0351. The van der Waals surface area contributed by atoms with E-state index in [0.29, 0.717) is 5.56 Å². The molecular weight excluding hydrogens is 281 g/mol. The summed E-state index contributed by atoms with van der Waals surface area (Å²) in [5.41, 5.74) is -0.00610. The van der Waals surface area contributed by atoms with E-state index < -0.39 is 11.7 Å². The van der Waals surface area contributed by atoms with E-state index in [9.17, 15) is 18.0 Å². The first kappa shape index (κ1) is 15.8. The molecule has 0 bridgehead atoms. The molecule has 1 aliphatic heterocycles. The second-order valence-corrected chi connectivity index (χ2v) is 5.37. The van der Waals surface area contributed by atoms with Crippen molar-refractivity contribution in [3.8, 4) is 0 Å². The largest absolute Gasteiger partial charge is 0.416 e. The normalized spacial score (nSPS) is 18.3. The van der Waals surface area contributed by atoms with E-state index in [2.05, 4.69) is 10.6 Å². The predicted octanol–water partition coefficient (Wildman–Crippen LogP) is 2.88. The Morgan fingerprint density at radius 1 is 1.24 bits per heavy atom. The topological polar surface area (TPSA) is 41.1 Å². The standard InChI is InChI=1S/C15H19F3N2O/c1-10(20-14(21)12-6-8-19-9-7-12)11-2-4-13(5-3-11)15(16,17)18/h2-5,10,12,19H,6-9H2,1H3,(H,20,21). The zero-order chi connectivity index (χ0) is 15.5. The maximum absolute atomic E-state index is 12.5. The fourth-order valence-electron chi connectivity index (χ4n) is 2.46. The van der Waals surface area contributed by atoms with Crippen LogP contribution in [-0.2, 0) is 11.0 Å². The van der Waals surface area contributed by atoms with E-state index in [1.165, 1.54) is 12.1 Å². The van der Waals surface area contributed by atoms with Crippen LogP contribution in [0.5, 0.6) is 0 Å². The minimum atomic E-state index is -4.33. The molecule has 1 atom stereocenters. The van der Waals surface area contributed by atoms with E-state index >= 15 is 0 Å². The molecule has 1 fully saturated rings. The molecule has 0 aliphatic carbocycles. The van der Waals surface area contributed by atoms with Gasteiger partial charge in [-0.15, -0.1) is 0 Å². The lowest BCUT2D eigenvalue weighted by molar-refractivity contribution is -0.137. The number of amides is 1. The van der Waals surface area contributed by atoms with Gasteiger partial charge in [0.15, 0.2) is 0 Å². The Bertz CT molecular complexity index is 479. The first-order chi connectivity index (χ1) is 9.88. The van der Waals surface area contributed by atoms with Crippen molar-refractivity contribution in [3.63, 3.8) is 0 Å². The summed E-state index contributed by atoms with van der Waals surface area (Å²) in [7, 11) is 0. The Hall–Kier alpha value is -1.56. The van der Waals surface area contributed by atoms with Gasteiger partial charge in [0.1, 0.15) is 0 Å². The maximum atomic E-state index is 12.5. The molecule has 0 radical (unpaired) electrons. The second-order valence-electron chi connectivity index (χ2n) is 5.37. The Labute approximate surface area is 121 Å². The van der Waals surface area contributed by atoms with Crippen LogP contribution in [0.4, 0.5) is 13.2 Å². The highest BCUT2D eigenvalue weighted by Crippen LogP contribution is 2.30. The number of piperidine rings is 1. The summed E-state index contributed by atoms with van der Waals surface area (Å²) in [6.07, 6.45) is -2.74. The summed E-state index contributed by atoms with van der Waals surface area (Å²) in [4.78, 5) is 12.1. The lowest BCUT2D eigenvalue weighted by atomic mass is 9.96. The van der Waals surface area contributed by atoms with Gasteiger partial charge in [-0.1, -0.05) is 12.1 Å². The van der Waals surface area contributed by atoms with E-state index in [1.807, 2.05) is 0 Å². The third-order valence-electron chi connectivity index (χ3n) is 3.81. The number of halogens is 3. The minimum absolute atomic E-state index is 0.0110. The highest BCUT2D eigenvalue weighted by Gasteiger charge is 2.30. The molecule has 0 spiro atoms. The first-order valence-corrected chi connectivity index (χ1v) is 7.06. The molecule has 1 aromatic rings. The summed E-state index contributed by atoms with van der Waals surface area (Å²) >= 11 is 0. The van der Waals surface area contributed by atoms with E-state index in [0.717, 1.165) is 38.1 Å². The van der Waals surface area contributed by atoms with Crippen molar-refractivity contribution in [2.75, 3.05) is 13.1 Å². The average molecular weight is 300 g/mol. The van der Waals surface area contributed by atoms with Gasteiger partial charge in [0.2, 0.25) is 5.91 Å². The maximum Gasteiger partial charge on any atom is 0.416 e. The number of hydrogen-bond acceptors (Lipinski definition) is 2. The van der Waals surface area contributed by atoms with Crippen LogP contribution in [0.15, 0.2) is 24.3 Å². The van der Waals surface area contributed by atoms with Crippen molar-refractivity contribution in [2.24, 2.45) is 5.92 Å². The molecule has 1 saturated heterocycles. The average Bonchev–Trinajstić information content (AvgIpc) is 2.47. The smallest absolute Gasteiger partial charge is 0.349 e. The molecule has 1 unspecified atom stereocenters. The second kappa shape index (κ2) is 6.47. The number of nitrogens with one attached hydrogen (secondary N) is 2. The summed E-state index contributed by atoms with van der Waals surface area (Å²) in [5, 5.41) is 6.06. The van der Waals surface area contributed by atoms with Crippen molar-refractivity contribution in [1.82, 2.24) is 10.6 Å². The molecule has 6 heteroatoms. The van der Waals surface area contributed by atoms with E-state index in [1.54, 1.807) is 6.92 Å². The molecule has 0 saturated carbocycles. The molecule has 1 heterocycles. The highest BCUT2D eigenvalue weighted by atomic mass is 19.4. The summed E-state index contributed by atoms with van der Waals surface area (Å²) in [6.45, 7) is 3.43. The number of rotatable bonds is 3. The van der Waals surface area contributed by atoms with E-state index in [4.69, 9.17) is 0 Å². The first-order valence-electron chi connectivity index (χ1n) is 7.06. The number of hydrogen-bond donors (Lipinski definition) is 2. The van der Waals surface area contributed by atoms with Gasteiger partial charge in [-0.3, -0.25) is 4.79 Å². The van der Waals surface area contributed by atoms with Gasteiger partial charge >= 0.3 is 6.18 Å². The zero-order valence-corrected chi connectivity index (χ0v) is 11.8. The molecule has 1 amide bonds. The van der Waals surface area contributed by atoms with Crippen molar-refractivity contribution < 1.29 is 18.0 Å². The van der Waals surface area contributed by atoms with Gasteiger partial charge in [-0.25, -0.2) is 0 Å². The predicted molar refractivity (Wildman–Crippen MR) is 73.6 cm³/mol. The zero-order valence-electron chi connectivity index (χ0n) is 11.8. The Morgan fingerprint density at radius 3 is 2.33 bits per heavy atom. The number of alkyl halides is 3. The van der Waals surface area contributed by atoms with Crippen molar-refractivity contribution in [2.45, 2.75) is 32.0 Å². The molecule has 2 N–H and O–H groups in total. The molecular formula is C15H19F3N2O. The van der Waals surface area contributed by atoms with E-state index in [-0.39, 0.29) is 17.9 Å². The molecule has 0 aromatic heterocycles. The quantitative estimate of drug-likeness (QED) is 0.901. The molecule has 116 valence electrons. The number of carbonyl (C=O) groups is 1. The lowest BCUT2D eigenvalue weighted by Gasteiger charge is -2.24. The molecule has 1 aliphatic rings. The Kier molecular flexibility index (Phi) is 4.88. The Morgan fingerprint density at radius 2 is 1.81 bits per heavy atom. The lowest BCUT2D eigenvalue weighted by Crippen LogP contribution is -2.39. The fraction of sp³-hybridized carbons (Fsp3) is 0.533. The van der Waals surface area contributed by atoms with Crippen LogP contribution in [0.25, 0.3) is 0 Å². The van der Waals surface area contributed by atoms with Gasteiger partial charge in [-0.05, 0) is 50.6 Å². The number of benzene rings is 1. The van der Waals surface area contributed by atoms with Crippen LogP contribution in [0.2, 0.25) is 0 Å². The van der Waals surface area contributed by atoms with Gasteiger partial charge < -0.3 is 10.6 Å². The summed E-state index contributed by atoms with van der Waals surface area (Å²) < 4.78 is 37.5. The third-order valence-corrected chi connectivity index (χ3v) is 3.81. The van der Waals surface area contributed by atoms with Crippen LogP contribution >= 0.6 is 0 Å². The molecule has 3 nitrogen and oxygen atoms in total. The van der Waals surface area contributed by atoms with Crippen molar-refractivity contribution in [3.05, 3.63) is 35.4 Å². The molecule has 1 aromatic carbocycles. The van der Waals surface area contributed by atoms with Gasteiger partial charge in [-0.2, -0.15) is 13.2 Å². The minimum Gasteiger partial charge on any atom is -0.349 e. The third kappa shape index (κ3) is 4.20. The van der Waals surface area contributed by atoms with Gasteiger partial charge in [0, 0.05) is 5.92 Å².